The molecule has 2 aliphatic rings. The van der Waals surface area contributed by atoms with Gasteiger partial charge in [0.1, 0.15) is 24.1 Å². The highest BCUT2D eigenvalue weighted by Crippen LogP contribution is 2.53. The molecule has 3 atom stereocenters. The molecule has 18 heavy (non-hydrogen) atoms. The maximum absolute atomic E-state index is 14.1. The van der Waals surface area contributed by atoms with E-state index in [1.807, 2.05) is 0 Å². The molecule has 1 aromatic carbocycles. The number of rotatable bonds is 2. The Bertz CT molecular complexity index is 537. The topological polar surface area (TPSA) is 47.6 Å². The minimum absolute atomic E-state index is 0.0437. The highest BCUT2D eigenvalue weighted by Gasteiger charge is 2.60. The fourth-order valence-electron chi connectivity index (χ4n) is 2.56. The van der Waals surface area contributed by atoms with Crippen LogP contribution in [-0.2, 0) is 10.3 Å². The highest BCUT2D eigenvalue weighted by atomic mass is 35.5. The van der Waals surface area contributed by atoms with E-state index in [0.717, 1.165) is 0 Å². The Morgan fingerprint density at radius 2 is 2.33 bits per heavy atom. The van der Waals surface area contributed by atoms with Crippen molar-refractivity contribution in [1.82, 2.24) is 0 Å². The molecule has 1 heterocycles. The molecule has 1 fully saturated rings. The molecule has 0 saturated heterocycles. The lowest BCUT2D eigenvalue weighted by atomic mass is 9.85. The molecule has 0 spiro atoms. The molecular weight excluding hydrogens is 262 g/mol. The smallest absolute Gasteiger partial charge is 0.283 e. The molecule has 1 aliphatic carbocycles. The van der Waals surface area contributed by atoms with E-state index in [2.05, 4.69) is 4.99 Å². The largest absolute Gasteiger partial charge is 0.462 e. The fourth-order valence-corrected chi connectivity index (χ4v) is 2.74. The zero-order chi connectivity index (χ0) is 12.9. The summed E-state index contributed by atoms with van der Waals surface area (Å²) >= 11 is 5.74. The van der Waals surface area contributed by atoms with E-state index in [0.29, 0.717) is 6.42 Å². The van der Waals surface area contributed by atoms with Gasteiger partial charge in [-0.15, -0.1) is 0 Å². The van der Waals surface area contributed by atoms with Crippen LogP contribution in [0, 0.1) is 11.7 Å². The zero-order valence-corrected chi connectivity index (χ0v) is 10.1. The number of hydrogen-bond donors (Lipinski definition) is 1. The molecular formula is C12H11ClF2N2O. The van der Waals surface area contributed by atoms with Gasteiger partial charge in [0.15, 0.2) is 0 Å². The van der Waals surface area contributed by atoms with Crippen molar-refractivity contribution in [3.8, 4) is 0 Å². The molecule has 1 unspecified atom stereocenters. The molecule has 96 valence electrons. The predicted octanol–water partition coefficient (Wildman–Crippen LogP) is 2.38. The van der Waals surface area contributed by atoms with Crippen LogP contribution in [-0.4, -0.2) is 18.8 Å². The summed E-state index contributed by atoms with van der Waals surface area (Å²) in [4.78, 5) is 4.03. The maximum Gasteiger partial charge on any atom is 0.283 e. The molecule has 1 saturated carbocycles. The van der Waals surface area contributed by atoms with Gasteiger partial charge in [-0.3, -0.25) is 0 Å². The second-order valence-electron chi connectivity index (χ2n) is 4.61. The van der Waals surface area contributed by atoms with E-state index in [1.54, 1.807) is 6.07 Å². The van der Waals surface area contributed by atoms with Crippen LogP contribution in [0.2, 0.25) is 5.02 Å². The van der Waals surface area contributed by atoms with Crippen LogP contribution in [0.1, 0.15) is 12.0 Å². The third-order valence-electron chi connectivity index (χ3n) is 3.55. The van der Waals surface area contributed by atoms with Crippen molar-refractivity contribution in [2.45, 2.75) is 18.1 Å². The number of alkyl halides is 1. The average Bonchev–Trinajstić information content (AvgIpc) is 3.11. The lowest BCUT2D eigenvalue weighted by Gasteiger charge is -2.31. The lowest BCUT2D eigenvalue weighted by Crippen LogP contribution is -2.39. The van der Waals surface area contributed by atoms with E-state index in [4.69, 9.17) is 22.1 Å². The lowest BCUT2D eigenvalue weighted by molar-refractivity contribution is 0.168. The normalized spacial score (nSPS) is 33.4. The summed E-state index contributed by atoms with van der Waals surface area (Å²) in [7, 11) is 0. The van der Waals surface area contributed by atoms with Crippen LogP contribution in [0.15, 0.2) is 23.2 Å². The first kappa shape index (κ1) is 11.7. The molecule has 2 N–H and O–H groups in total. The summed E-state index contributed by atoms with van der Waals surface area (Å²) in [6, 6.07) is 4.41. The van der Waals surface area contributed by atoms with Gasteiger partial charge < -0.3 is 10.5 Å². The van der Waals surface area contributed by atoms with Gasteiger partial charge in [-0.25, -0.2) is 13.8 Å². The van der Waals surface area contributed by atoms with Gasteiger partial charge in [0.05, 0.1) is 5.02 Å². The Balaban J connectivity index is 2.17. The standard InChI is InChI=1S/C12H11ClF2N2O/c13-8-3-1-2-6(10(8)15)12(5-14)7-4-9(7)18-11(16)17-12/h1-3,7,9H,4-5H2,(H2,16,17)/t7-,9?,12+/m0/s1. The summed E-state index contributed by atoms with van der Waals surface area (Å²) in [5.74, 6) is -0.816. The first-order valence-corrected chi connectivity index (χ1v) is 5.98. The minimum Gasteiger partial charge on any atom is -0.462 e. The third kappa shape index (κ3) is 1.50. The molecule has 0 amide bonds. The SMILES string of the molecule is NC1=N[C@](CF)(c2cccc(Cl)c2F)[C@H]2CC2O1. The van der Waals surface area contributed by atoms with Gasteiger partial charge in [0, 0.05) is 11.5 Å². The molecule has 0 bridgehead atoms. The van der Waals surface area contributed by atoms with Crippen molar-refractivity contribution < 1.29 is 13.5 Å². The van der Waals surface area contributed by atoms with Gasteiger partial charge in [-0.2, -0.15) is 0 Å². The number of halogens is 3. The second-order valence-corrected chi connectivity index (χ2v) is 5.02. The van der Waals surface area contributed by atoms with Crippen molar-refractivity contribution in [2.75, 3.05) is 6.67 Å². The molecule has 3 nitrogen and oxygen atoms in total. The van der Waals surface area contributed by atoms with Gasteiger partial charge in [-0.05, 0) is 12.5 Å². The van der Waals surface area contributed by atoms with Crippen molar-refractivity contribution in [2.24, 2.45) is 16.6 Å². The molecule has 6 heteroatoms. The summed E-state index contributed by atoms with van der Waals surface area (Å²) in [6.07, 6.45) is 0.455. The van der Waals surface area contributed by atoms with Crippen molar-refractivity contribution in [1.29, 1.82) is 0 Å². The third-order valence-corrected chi connectivity index (χ3v) is 3.84. The molecule has 1 aromatic rings. The molecule has 1 aliphatic heterocycles. The molecule has 0 aromatic heterocycles. The summed E-state index contributed by atoms with van der Waals surface area (Å²) < 4.78 is 32.9. The van der Waals surface area contributed by atoms with Gasteiger partial charge in [-0.1, -0.05) is 23.7 Å². The Morgan fingerprint density at radius 3 is 3.06 bits per heavy atom. The average molecular weight is 273 g/mol. The maximum atomic E-state index is 14.1. The fraction of sp³-hybridized carbons (Fsp3) is 0.417. The quantitative estimate of drug-likeness (QED) is 0.898. The summed E-state index contributed by atoms with van der Waals surface area (Å²) in [6.45, 7) is -0.824. The van der Waals surface area contributed by atoms with Crippen LogP contribution in [0.4, 0.5) is 8.78 Å². The Kier molecular flexibility index (Phi) is 2.48. The van der Waals surface area contributed by atoms with E-state index in [-0.39, 0.29) is 28.6 Å². The van der Waals surface area contributed by atoms with Crippen LogP contribution in [0.3, 0.4) is 0 Å². The Morgan fingerprint density at radius 1 is 1.56 bits per heavy atom. The van der Waals surface area contributed by atoms with Gasteiger partial charge in [0.2, 0.25) is 0 Å². The van der Waals surface area contributed by atoms with Crippen molar-refractivity contribution in [3.05, 3.63) is 34.6 Å². The van der Waals surface area contributed by atoms with E-state index in [9.17, 15) is 8.78 Å². The Hall–Kier alpha value is -1.36. The monoisotopic (exact) mass is 272 g/mol. The molecule has 3 rings (SSSR count). The number of benzene rings is 1. The van der Waals surface area contributed by atoms with Gasteiger partial charge in [0.25, 0.3) is 6.02 Å². The first-order valence-electron chi connectivity index (χ1n) is 5.61. The predicted molar refractivity (Wildman–Crippen MR) is 63.7 cm³/mol. The van der Waals surface area contributed by atoms with Crippen LogP contribution >= 0.6 is 11.6 Å². The molecule has 0 radical (unpaired) electrons. The van der Waals surface area contributed by atoms with E-state index in [1.165, 1.54) is 12.1 Å². The minimum atomic E-state index is -1.29. The highest BCUT2D eigenvalue weighted by molar-refractivity contribution is 6.30. The number of nitrogens with two attached hydrogens (primary N) is 1. The number of aliphatic imine (C=N–C) groups is 1. The number of nitrogens with zero attached hydrogens (tertiary/aromatic N) is 1. The van der Waals surface area contributed by atoms with Crippen molar-refractivity contribution >= 4 is 17.6 Å². The van der Waals surface area contributed by atoms with Crippen LogP contribution < -0.4 is 5.73 Å². The van der Waals surface area contributed by atoms with Crippen LogP contribution in [0.5, 0.6) is 0 Å². The summed E-state index contributed by atoms with van der Waals surface area (Å²) in [5, 5.41) is -0.0437. The second kappa shape index (κ2) is 3.82. The van der Waals surface area contributed by atoms with Gasteiger partial charge >= 0.3 is 0 Å². The number of hydrogen-bond acceptors (Lipinski definition) is 3. The number of ether oxygens (including phenoxy) is 1. The van der Waals surface area contributed by atoms with Crippen LogP contribution in [0.25, 0.3) is 0 Å². The number of amidine groups is 1. The van der Waals surface area contributed by atoms with E-state index >= 15 is 0 Å². The first-order chi connectivity index (χ1) is 8.58. The zero-order valence-electron chi connectivity index (χ0n) is 9.37. The Labute approximate surface area is 108 Å². The van der Waals surface area contributed by atoms with E-state index < -0.39 is 18.0 Å². The summed E-state index contributed by atoms with van der Waals surface area (Å²) in [5.41, 5.74) is 4.39. The number of fused-ring (bicyclic) bond motifs is 1. The van der Waals surface area contributed by atoms with Crippen molar-refractivity contribution in [3.63, 3.8) is 0 Å².